The van der Waals surface area contributed by atoms with E-state index in [9.17, 15) is 14.7 Å². The standard InChI is InChI=1S/C15H21NO4/c1-10(3-6-14(18)19)7-8-16-15(20)13-5-4-12(17)9-11(13)2/h4-5,9-10,17H,3,6-8H2,1-2H3,(H,16,20)(H,18,19). The van der Waals surface area contributed by atoms with E-state index in [4.69, 9.17) is 5.11 Å². The summed E-state index contributed by atoms with van der Waals surface area (Å²) in [6.45, 7) is 4.25. The number of phenols is 1. The lowest BCUT2D eigenvalue weighted by atomic mass is 10.0. The molecule has 1 atom stereocenters. The van der Waals surface area contributed by atoms with Crippen LogP contribution in [-0.4, -0.2) is 28.6 Å². The van der Waals surface area contributed by atoms with Crippen LogP contribution in [0.15, 0.2) is 18.2 Å². The van der Waals surface area contributed by atoms with E-state index >= 15 is 0 Å². The van der Waals surface area contributed by atoms with Crippen LogP contribution < -0.4 is 5.32 Å². The fraction of sp³-hybridized carbons (Fsp3) is 0.467. The Morgan fingerprint density at radius 1 is 1.30 bits per heavy atom. The topological polar surface area (TPSA) is 86.6 Å². The number of hydrogen-bond donors (Lipinski definition) is 3. The van der Waals surface area contributed by atoms with Crippen molar-refractivity contribution < 1.29 is 19.8 Å². The number of carboxylic acids is 1. The molecule has 1 aromatic carbocycles. The maximum Gasteiger partial charge on any atom is 0.303 e. The van der Waals surface area contributed by atoms with Crippen molar-refractivity contribution in [2.45, 2.75) is 33.1 Å². The third kappa shape index (κ3) is 5.30. The number of nitrogens with one attached hydrogen (secondary N) is 1. The van der Waals surface area contributed by atoms with Crippen molar-refractivity contribution in [3.8, 4) is 5.75 Å². The second-order valence-corrected chi connectivity index (χ2v) is 5.08. The zero-order chi connectivity index (χ0) is 15.1. The summed E-state index contributed by atoms with van der Waals surface area (Å²) in [6.07, 6.45) is 1.52. The average Bonchev–Trinajstić information content (AvgIpc) is 2.36. The second-order valence-electron chi connectivity index (χ2n) is 5.08. The van der Waals surface area contributed by atoms with Crippen molar-refractivity contribution in [3.05, 3.63) is 29.3 Å². The van der Waals surface area contributed by atoms with Crippen LogP contribution in [0.2, 0.25) is 0 Å². The number of hydrogen-bond acceptors (Lipinski definition) is 3. The summed E-state index contributed by atoms with van der Waals surface area (Å²) < 4.78 is 0. The molecule has 0 saturated carbocycles. The van der Waals surface area contributed by atoms with Crippen LogP contribution >= 0.6 is 0 Å². The van der Waals surface area contributed by atoms with Gasteiger partial charge < -0.3 is 15.5 Å². The normalized spacial score (nSPS) is 11.9. The van der Waals surface area contributed by atoms with Crippen LogP contribution in [0.3, 0.4) is 0 Å². The molecule has 1 aromatic rings. The van der Waals surface area contributed by atoms with Gasteiger partial charge in [0.15, 0.2) is 0 Å². The number of carbonyl (C=O) groups excluding carboxylic acids is 1. The molecule has 0 heterocycles. The fourth-order valence-electron chi connectivity index (χ4n) is 1.94. The zero-order valence-electron chi connectivity index (χ0n) is 11.8. The van der Waals surface area contributed by atoms with Crippen LogP contribution in [0.5, 0.6) is 5.75 Å². The molecular formula is C15H21NO4. The molecule has 110 valence electrons. The van der Waals surface area contributed by atoms with Crippen molar-refractivity contribution in [1.82, 2.24) is 5.32 Å². The summed E-state index contributed by atoms with van der Waals surface area (Å²) in [4.78, 5) is 22.4. The lowest BCUT2D eigenvalue weighted by Crippen LogP contribution is -2.26. The number of rotatable bonds is 7. The molecule has 20 heavy (non-hydrogen) atoms. The quantitative estimate of drug-likeness (QED) is 0.715. The van der Waals surface area contributed by atoms with Crippen molar-refractivity contribution in [3.63, 3.8) is 0 Å². The molecule has 0 bridgehead atoms. The summed E-state index contributed by atoms with van der Waals surface area (Å²) in [5.74, 6) is -0.567. The molecule has 0 fully saturated rings. The van der Waals surface area contributed by atoms with Crippen LogP contribution in [-0.2, 0) is 4.79 Å². The SMILES string of the molecule is Cc1cc(O)ccc1C(=O)NCCC(C)CCC(=O)O. The second kappa shape index (κ2) is 7.53. The van der Waals surface area contributed by atoms with Crippen molar-refractivity contribution in [2.24, 2.45) is 5.92 Å². The Hall–Kier alpha value is -2.04. The van der Waals surface area contributed by atoms with Gasteiger partial charge in [0, 0.05) is 18.5 Å². The largest absolute Gasteiger partial charge is 0.508 e. The molecule has 0 spiro atoms. The maximum absolute atomic E-state index is 11.9. The highest BCUT2D eigenvalue weighted by molar-refractivity contribution is 5.95. The maximum atomic E-state index is 11.9. The van der Waals surface area contributed by atoms with E-state index in [1.807, 2.05) is 6.92 Å². The molecule has 0 aliphatic carbocycles. The van der Waals surface area contributed by atoms with Crippen LogP contribution in [0.1, 0.15) is 42.1 Å². The van der Waals surface area contributed by atoms with E-state index in [0.29, 0.717) is 18.5 Å². The lowest BCUT2D eigenvalue weighted by molar-refractivity contribution is -0.137. The highest BCUT2D eigenvalue weighted by Crippen LogP contribution is 2.15. The van der Waals surface area contributed by atoms with Gasteiger partial charge in [-0.3, -0.25) is 9.59 Å². The zero-order valence-corrected chi connectivity index (χ0v) is 11.8. The summed E-state index contributed by atoms with van der Waals surface area (Å²) in [5.41, 5.74) is 1.27. The van der Waals surface area contributed by atoms with Gasteiger partial charge >= 0.3 is 5.97 Å². The van der Waals surface area contributed by atoms with Gasteiger partial charge in [-0.15, -0.1) is 0 Å². The van der Waals surface area contributed by atoms with Crippen LogP contribution in [0.25, 0.3) is 0 Å². The Morgan fingerprint density at radius 3 is 2.60 bits per heavy atom. The molecule has 5 nitrogen and oxygen atoms in total. The number of amides is 1. The molecule has 0 saturated heterocycles. The Kier molecular flexibility index (Phi) is 6.03. The Balaban J connectivity index is 2.38. The van der Waals surface area contributed by atoms with Crippen molar-refractivity contribution >= 4 is 11.9 Å². The smallest absolute Gasteiger partial charge is 0.303 e. The minimum absolute atomic E-state index is 0.140. The number of carboxylic acid groups (broad SMARTS) is 1. The molecule has 5 heteroatoms. The molecule has 1 amide bonds. The van der Waals surface area contributed by atoms with Crippen molar-refractivity contribution in [2.75, 3.05) is 6.54 Å². The molecule has 1 rings (SSSR count). The van der Waals surface area contributed by atoms with E-state index in [1.165, 1.54) is 6.07 Å². The highest BCUT2D eigenvalue weighted by atomic mass is 16.4. The summed E-state index contributed by atoms with van der Waals surface area (Å²) in [6, 6.07) is 4.62. The minimum Gasteiger partial charge on any atom is -0.508 e. The summed E-state index contributed by atoms with van der Waals surface area (Å²) in [5, 5.41) is 20.7. The molecule has 0 aromatic heterocycles. The van der Waals surface area contributed by atoms with Crippen LogP contribution in [0, 0.1) is 12.8 Å². The monoisotopic (exact) mass is 279 g/mol. The third-order valence-corrected chi connectivity index (χ3v) is 3.23. The first-order valence-electron chi connectivity index (χ1n) is 6.69. The van der Waals surface area contributed by atoms with Gasteiger partial charge in [-0.2, -0.15) is 0 Å². The van der Waals surface area contributed by atoms with E-state index in [0.717, 1.165) is 12.0 Å². The van der Waals surface area contributed by atoms with Gasteiger partial charge in [-0.25, -0.2) is 0 Å². The van der Waals surface area contributed by atoms with Gasteiger partial charge in [0.1, 0.15) is 5.75 Å². The van der Waals surface area contributed by atoms with Gasteiger partial charge in [0.2, 0.25) is 0 Å². The van der Waals surface area contributed by atoms with Gasteiger partial charge in [0.25, 0.3) is 5.91 Å². The molecule has 0 aliphatic heterocycles. The number of carbonyl (C=O) groups is 2. The predicted molar refractivity (Wildman–Crippen MR) is 75.8 cm³/mol. The van der Waals surface area contributed by atoms with Crippen molar-refractivity contribution in [1.29, 1.82) is 0 Å². The third-order valence-electron chi connectivity index (χ3n) is 3.23. The summed E-state index contributed by atoms with van der Waals surface area (Å²) in [7, 11) is 0. The lowest BCUT2D eigenvalue weighted by Gasteiger charge is -2.11. The molecular weight excluding hydrogens is 258 g/mol. The first kappa shape index (κ1) is 16.0. The molecule has 0 radical (unpaired) electrons. The number of aliphatic carboxylic acids is 1. The first-order valence-corrected chi connectivity index (χ1v) is 6.69. The molecule has 1 unspecified atom stereocenters. The number of phenolic OH excluding ortho intramolecular Hbond substituents is 1. The Morgan fingerprint density at radius 2 is 2.00 bits per heavy atom. The average molecular weight is 279 g/mol. The number of benzene rings is 1. The van der Waals surface area contributed by atoms with E-state index in [2.05, 4.69) is 5.32 Å². The first-order chi connectivity index (χ1) is 9.40. The van der Waals surface area contributed by atoms with Gasteiger partial charge in [-0.05, 0) is 49.4 Å². The number of aryl methyl sites for hydroxylation is 1. The highest BCUT2D eigenvalue weighted by Gasteiger charge is 2.10. The number of aromatic hydroxyl groups is 1. The predicted octanol–water partition coefficient (Wildman–Crippen LogP) is 2.32. The Bertz CT molecular complexity index is 485. The summed E-state index contributed by atoms with van der Waals surface area (Å²) >= 11 is 0. The fourth-order valence-corrected chi connectivity index (χ4v) is 1.94. The van der Waals surface area contributed by atoms with E-state index in [-0.39, 0.29) is 24.0 Å². The van der Waals surface area contributed by atoms with Gasteiger partial charge in [0.05, 0.1) is 0 Å². The van der Waals surface area contributed by atoms with E-state index in [1.54, 1.807) is 19.1 Å². The minimum atomic E-state index is -0.791. The molecule has 3 N–H and O–H groups in total. The Labute approximate surface area is 118 Å². The molecule has 0 aliphatic rings. The van der Waals surface area contributed by atoms with Gasteiger partial charge in [-0.1, -0.05) is 6.92 Å². The van der Waals surface area contributed by atoms with E-state index < -0.39 is 5.97 Å². The van der Waals surface area contributed by atoms with Crippen LogP contribution in [0.4, 0.5) is 0 Å².